The maximum absolute atomic E-state index is 9.69. The average molecular weight is 295 g/mol. The molecule has 1 aliphatic rings. The van der Waals surface area contributed by atoms with E-state index in [1.165, 1.54) is 11.3 Å². The summed E-state index contributed by atoms with van der Waals surface area (Å²) in [4.78, 5) is 3.66. The fourth-order valence-corrected chi connectivity index (χ4v) is 3.06. The van der Waals surface area contributed by atoms with Crippen molar-refractivity contribution in [1.82, 2.24) is 4.90 Å². The third kappa shape index (κ3) is 4.69. The van der Waals surface area contributed by atoms with E-state index in [9.17, 15) is 5.11 Å². The molecule has 1 aromatic carbocycles. The van der Waals surface area contributed by atoms with Gasteiger partial charge in [-0.1, -0.05) is 0 Å². The van der Waals surface area contributed by atoms with Crippen LogP contribution in [0.15, 0.2) is 29.2 Å². The Balaban J connectivity index is 1.72. The first-order valence-electron chi connectivity index (χ1n) is 7.36. The average Bonchev–Trinajstić information content (AvgIpc) is 2.48. The fraction of sp³-hybridized carbons (Fsp3) is 0.625. The second-order valence-electron chi connectivity index (χ2n) is 5.47. The van der Waals surface area contributed by atoms with Crippen molar-refractivity contribution < 1.29 is 9.84 Å². The van der Waals surface area contributed by atoms with E-state index in [1.807, 2.05) is 19.1 Å². The highest BCUT2D eigenvalue weighted by molar-refractivity contribution is 7.98. The van der Waals surface area contributed by atoms with Gasteiger partial charge in [0.05, 0.1) is 6.10 Å². The van der Waals surface area contributed by atoms with Crippen molar-refractivity contribution in [2.24, 2.45) is 5.92 Å². The highest BCUT2D eigenvalue weighted by Crippen LogP contribution is 2.20. The summed E-state index contributed by atoms with van der Waals surface area (Å²) in [5, 5.41) is 9.69. The molecule has 0 amide bonds. The largest absolute Gasteiger partial charge is 0.492 e. The molecule has 1 heterocycles. The first-order chi connectivity index (χ1) is 9.69. The minimum Gasteiger partial charge on any atom is -0.492 e. The van der Waals surface area contributed by atoms with Gasteiger partial charge in [0.15, 0.2) is 0 Å². The second-order valence-corrected chi connectivity index (χ2v) is 6.35. The Labute approximate surface area is 126 Å². The van der Waals surface area contributed by atoms with Gasteiger partial charge in [-0.05, 0) is 62.7 Å². The predicted octanol–water partition coefficient (Wildman–Crippen LogP) is 2.88. The maximum Gasteiger partial charge on any atom is 0.119 e. The molecule has 1 saturated heterocycles. The first kappa shape index (κ1) is 15.7. The number of likely N-dealkylation sites (tertiary alicyclic amines) is 1. The molecular weight excluding hydrogens is 270 g/mol. The van der Waals surface area contributed by atoms with Crippen LogP contribution in [0.25, 0.3) is 0 Å². The number of aliphatic hydroxyl groups is 1. The third-order valence-corrected chi connectivity index (χ3v) is 4.70. The summed E-state index contributed by atoms with van der Waals surface area (Å²) in [5.74, 6) is 1.36. The quantitative estimate of drug-likeness (QED) is 0.818. The predicted molar refractivity (Wildman–Crippen MR) is 84.6 cm³/mol. The monoisotopic (exact) mass is 295 g/mol. The molecule has 112 valence electrons. The van der Waals surface area contributed by atoms with Gasteiger partial charge in [0.25, 0.3) is 0 Å². The molecule has 1 aromatic rings. The Morgan fingerprint density at radius 1 is 1.40 bits per heavy atom. The SMILES string of the molecule is CSc1ccc(OCCN2CCCC(C(C)O)C2)cc1. The van der Waals surface area contributed by atoms with Gasteiger partial charge in [-0.2, -0.15) is 0 Å². The van der Waals surface area contributed by atoms with Gasteiger partial charge in [0.1, 0.15) is 12.4 Å². The van der Waals surface area contributed by atoms with Crippen LogP contribution in [0, 0.1) is 5.92 Å². The maximum atomic E-state index is 9.69. The van der Waals surface area contributed by atoms with Crippen LogP contribution in [-0.2, 0) is 0 Å². The Kier molecular flexibility index (Phi) is 6.20. The number of piperidine rings is 1. The molecule has 0 aromatic heterocycles. The van der Waals surface area contributed by atoms with E-state index >= 15 is 0 Å². The molecule has 0 aliphatic carbocycles. The molecular formula is C16H25NO2S. The number of ether oxygens (including phenoxy) is 1. The highest BCUT2D eigenvalue weighted by atomic mass is 32.2. The second kappa shape index (κ2) is 7.91. The van der Waals surface area contributed by atoms with Crippen molar-refractivity contribution in [3.63, 3.8) is 0 Å². The lowest BCUT2D eigenvalue weighted by Gasteiger charge is -2.33. The molecule has 1 fully saturated rings. The van der Waals surface area contributed by atoms with E-state index in [2.05, 4.69) is 23.3 Å². The summed E-state index contributed by atoms with van der Waals surface area (Å²) < 4.78 is 5.79. The highest BCUT2D eigenvalue weighted by Gasteiger charge is 2.22. The number of aliphatic hydroxyl groups excluding tert-OH is 1. The van der Waals surface area contributed by atoms with Crippen LogP contribution < -0.4 is 4.74 Å². The molecule has 0 spiro atoms. The van der Waals surface area contributed by atoms with E-state index < -0.39 is 0 Å². The van der Waals surface area contributed by atoms with E-state index in [-0.39, 0.29) is 6.10 Å². The van der Waals surface area contributed by atoms with Crippen LogP contribution in [0.3, 0.4) is 0 Å². The van der Waals surface area contributed by atoms with Gasteiger partial charge in [-0.3, -0.25) is 4.90 Å². The third-order valence-electron chi connectivity index (χ3n) is 3.96. The van der Waals surface area contributed by atoms with Crippen LogP contribution in [0.5, 0.6) is 5.75 Å². The summed E-state index contributed by atoms with van der Waals surface area (Å²) in [6, 6.07) is 8.23. The minimum atomic E-state index is -0.196. The zero-order valence-electron chi connectivity index (χ0n) is 12.4. The Morgan fingerprint density at radius 2 is 2.15 bits per heavy atom. The van der Waals surface area contributed by atoms with Gasteiger partial charge < -0.3 is 9.84 Å². The van der Waals surface area contributed by atoms with Gasteiger partial charge >= 0.3 is 0 Å². The van der Waals surface area contributed by atoms with E-state index in [0.717, 1.165) is 31.8 Å². The standard InChI is InChI=1S/C16H25NO2S/c1-13(18)14-4-3-9-17(12-14)10-11-19-15-5-7-16(20-2)8-6-15/h5-8,13-14,18H,3-4,9-12H2,1-2H3. The lowest BCUT2D eigenvalue weighted by atomic mass is 9.93. The van der Waals surface area contributed by atoms with Crippen molar-refractivity contribution in [2.45, 2.75) is 30.8 Å². The van der Waals surface area contributed by atoms with Crippen molar-refractivity contribution >= 4 is 11.8 Å². The molecule has 4 heteroatoms. The Hall–Kier alpha value is -0.710. The van der Waals surface area contributed by atoms with Crippen molar-refractivity contribution in [1.29, 1.82) is 0 Å². The lowest BCUT2D eigenvalue weighted by Crippen LogP contribution is -2.41. The molecule has 20 heavy (non-hydrogen) atoms. The van der Waals surface area contributed by atoms with Gasteiger partial charge in [-0.15, -0.1) is 11.8 Å². The van der Waals surface area contributed by atoms with E-state index in [4.69, 9.17) is 4.74 Å². The zero-order chi connectivity index (χ0) is 14.4. The summed E-state index contributed by atoms with van der Waals surface area (Å²) in [7, 11) is 0. The van der Waals surface area contributed by atoms with Crippen molar-refractivity contribution in [3.05, 3.63) is 24.3 Å². The van der Waals surface area contributed by atoms with Crippen LogP contribution >= 0.6 is 11.8 Å². The minimum absolute atomic E-state index is 0.196. The molecule has 1 aliphatic heterocycles. The van der Waals surface area contributed by atoms with Crippen LogP contribution in [0.1, 0.15) is 19.8 Å². The van der Waals surface area contributed by atoms with Crippen molar-refractivity contribution in [3.8, 4) is 5.75 Å². The number of thioether (sulfide) groups is 1. The molecule has 2 rings (SSSR count). The molecule has 3 nitrogen and oxygen atoms in total. The van der Waals surface area contributed by atoms with Gasteiger partial charge in [0.2, 0.25) is 0 Å². The number of hydrogen-bond donors (Lipinski definition) is 1. The zero-order valence-corrected chi connectivity index (χ0v) is 13.2. The van der Waals surface area contributed by atoms with Gasteiger partial charge in [-0.25, -0.2) is 0 Å². The number of nitrogens with zero attached hydrogens (tertiary/aromatic N) is 1. The van der Waals surface area contributed by atoms with E-state index in [0.29, 0.717) is 12.5 Å². The molecule has 0 saturated carbocycles. The smallest absolute Gasteiger partial charge is 0.119 e. The molecule has 0 radical (unpaired) electrons. The first-order valence-corrected chi connectivity index (χ1v) is 8.59. The van der Waals surface area contributed by atoms with Crippen LogP contribution in [-0.4, -0.2) is 48.6 Å². The molecule has 0 bridgehead atoms. The summed E-state index contributed by atoms with van der Waals surface area (Å²) in [6.45, 7) is 5.67. The summed E-state index contributed by atoms with van der Waals surface area (Å²) in [5.41, 5.74) is 0. The van der Waals surface area contributed by atoms with Crippen molar-refractivity contribution in [2.75, 3.05) is 32.5 Å². The summed E-state index contributed by atoms with van der Waals surface area (Å²) in [6.07, 6.45) is 4.20. The normalized spacial score (nSPS) is 21.6. The number of rotatable bonds is 6. The molecule has 1 N–H and O–H groups in total. The van der Waals surface area contributed by atoms with E-state index in [1.54, 1.807) is 11.8 Å². The topological polar surface area (TPSA) is 32.7 Å². The van der Waals surface area contributed by atoms with Gasteiger partial charge in [0, 0.05) is 18.0 Å². The molecule has 2 unspecified atom stereocenters. The fourth-order valence-electron chi connectivity index (χ4n) is 2.65. The Morgan fingerprint density at radius 3 is 2.80 bits per heavy atom. The number of hydrogen-bond acceptors (Lipinski definition) is 4. The summed E-state index contributed by atoms with van der Waals surface area (Å²) >= 11 is 1.74. The number of benzene rings is 1. The van der Waals surface area contributed by atoms with Crippen LogP contribution in [0.2, 0.25) is 0 Å². The molecule has 2 atom stereocenters. The van der Waals surface area contributed by atoms with Crippen LogP contribution in [0.4, 0.5) is 0 Å². The Bertz CT molecular complexity index is 394. The lowest BCUT2D eigenvalue weighted by molar-refractivity contribution is 0.0573.